The summed E-state index contributed by atoms with van der Waals surface area (Å²) in [5.41, 5.74) is 3.13. The van der Waals surface area contributed by atoms with Crippen LogP contribution in [0.3, 0.4) is 0 Å². The van der Waals surface area contributed by atoms with Crippen LogP contribution in [0.15, 0.2) is 24.3 Å². The van der Waals surface area contributed by atoms with Crippen molar-refractivity contribution in [1.29, 1.82) is 0 Å². The van der Waals surface area contributed by atoms with Crippen LogP contribution < -0.4 is 5.32 Å². The highest BCUT2D eigenvalue weighted by atomic mass is 15.2. The number of fused-ring (bicyclic) bond motifs is 1. The van der Waals surface area contributed by atoms with E-state index < -0.39 is 0 Å². The molecule has 2 nitrogen and oxygen atoms in total. The fraction of sp³-hybridized carbons (Fsp3) is 0.600. The second-order valence-corrected chi connectivity index (χ2v) is 5.42. The van der Waals surface area contributed by atoms with Gasteiger partial charge in [-0.1, -0.05) is 24.3 Å². The molecule has 2 atom stereocenters. The Hall–Kier alpha value is -0.860. The summed E-state index contributed by atoms with van der Waals surface area (Å²) in [6.45, 7) is 2.36. The molecule has 2 aliphatic rings. The summed E-state index contributed by atoms with van der Waals surface area (Å²) in [6, 6.07) is 10.3. The molecule has 1 N–H and O–H groups in total. The molecule has 1 heterocycles. The van der Waals surface area contributed by atoms with Gasteiger partial charge >= 0.3 is 0 Å². The van der Waals surface area contributed by atoms with Crippen LogP contribution in [0.1, 0.15) is 36.4 Å². The second-order valence-electron chi connectivity index (χ2n) is 5.42. The van der Waals surface area contributed by atoms with Gasteiger partial charge in [-0.2, -0.15) is 0 Å². The van der Waals surface area contributed by atoms with Gasteiger partial charge in [-0.05, 0) is 50.4 Å². The first-order valence-corrected chi connectivity index (χ1v) is 6.87. The molecule has 1 aliphatic carbocycles. The third-order valence-electron chi connectivity index (χ3n) is 4.44. The third-order valence-corrected chi connectivity index (χ3v) is 4.44. The van der Waals surface area contributed by atoms with Crippen LogP contribution in [0.5, 0.6) is 0 Å². The van der Waals surface area contributed by atoms with Crippen LogP contribution in [-0.4, -0.2) is 31.1 Å². The molecule has 0 amide bonds. The zero-order valence-corrected chi connectivity index (χ0v) is 10.7. The summed E-state index contributed by atoms with van der Waals surface area (Å²) in [6.07, 6.45) is 5.23. The van der Waals surface area contributed by atoms with E-state index in [1.165, 1.54) is 32.2 Å². The Morgan fingerprint density at radius 1 is 1.24 bits per heavy atom. The number of aryl methyl sites for hydroxylation is 1. The monoisotopic (exact) mass is 230 g/mol. The summed E-state index contributed by atoms with van der Waals surface area (Å²) < 4.78 is 0. The lowest BCUT2D eigenvalue weighted by molar-refractivity contribution is 0.146. The van der Waals surface area contributed by atoms with Gasteiger partial charge in [-0.3, -0.25) is 4.90 Å². The topological polar surface area (TPSA) is 15.3 Å². The zero-order chi connectivity index (χ0) is 11.7. The van der Waals surface area contributed by atoms with E-state index in [2.05, 4.69) is 41.5 Å². The van der Waals surface area contributed by atoms with Crippen LogP contribution in [0.25, 0.3) is 0 Å². The number of hydrogen-bond donors (Lipinski definition) is 1. The van der Waals surface area contributed by atoms with E-state index in [9.17, 15) is 0 Å². The number of hydrogen-bond acceptors (Lipinski definition) is 2. The molecule has 3 rings (SSSR count). The zero-order valence-electron chi connectivity index (χ0n) is 10.7. The smallest absolute Gasteiger partial charge is 0.0354 e. The molecule has 17 heavy (non-hydrogen) atoms. The highest BCUT2D eigenvalue weighted by Gasteiger charge is 2.30. The summed E-state index contributed by atoms with van der Waals surface area (Å²) >= 11 is 0. The molecule has 1 aromatic rings. The van der Waals surface area contributed by atoms with Crippen molar-refractivity contribution in [2.75, 3.05) is 20.1 Å². The normalized spacial score (nSPS) is 28.4. The third kappa shape index (κ3) is 2.12. The molecule has 0 aromatic heterocycles. The summed E-state index contributed by atoms with van der Waals surface area (Å²) in [7, 11) is 2.31. The maximum Gasteiger partial charge on any atom is 0.0354 e. The fourth-order valence-electron chi connectivity index (χ4n) is 3.39. The first-order chi connectivity index (χ1) is 8.36. The van der Waals surface area contributed by atoms with E-state index in [4.69, 9.17) is 0 Å². The highest BCUT2D eigenvalue weighted by Crippen LogP contribution is 2.36. The maximum absolute atomic E-state index is 3.52. The van der Waals surface area contributed by atoms with Crippen LogP contribution in [0.2, 0.25) is 0 Å². The van der Waals surface area contributed by atoms with Crippen LogP contribution >= 0.6 is 0 Å². The van der Waals surface area contributed by atoms with E-state index in [1.54, 1.807) is 11.1 Å². The van der Waals surface area contributed by atoms with Crippen molar-refractivity contribution in [3.05, 3.63) is 35.4 Å². The summed E-state index contributed by atoms with van der Waals surface area (Å²) in [5.74, 6) is 0. The van der Waals surface area contributed by atoms with E-state index in [0.717, 1.165) is 12.6 Å². The lowest BCUT2D eigenvalue weighted by atomic mass is 10.0. The Bertz CT molecular complexity index is 382. The number of rotatable bonds is 2. The average molecular weight is 230 g/mol. The molecule has 92 valence electrons. The van der Waals surface area contributed by atoms with Gasteiger partial charge in [-0.15, -0.1) is 0 Å². The first kappa shape index (κ1) is 11.2. The van der Waals surface area contributed by atoms with Crippen molar-refractivity contribution in [3.63, 3.8) is 0 Å². The maximum atomic E-state index is 3.52. The molecule has 0 spiro atoms. The van der Waals surface area contributed by atoms with Crippen molar-refractivity contribution in [2.45, 2.75) is 37.8 Å². The molecule has 2 heteroatoms. The number of piperidine rings is 1. The van der Waals surface area contributed by atoms with Crippen molar-refractivity contribution in [2.24, 2.45) is 0 Å². The van der Waals surface area contributed by atoms with Crippen molar-refractivity contribution >= 4 is 0 Å². The van der Waals surface area contributed by atoms with Gasteiger partial charge in [0.1, 0.15) is 0 Å². The number of nitrogens with one attached hydrogen (secondary N) is 1. The SMILES string of the molecule is CN(C1CCCNC1)C1CCc2ccccc21. The molecule has 1 aliphatic heterocycles. The fourth-order valence-corrected chi connectivity index (χ4v) is 3.39. The predicted molar refractivity (Wildman–Crippen MR) is 71.2 cm³/mol. The Labute approximate surface area is 104 Å². The van der Waals surface area contributed by atoms with E-state index >= 15 is 0 Å². The average Bonchev–Trinajstić information content (AvgIpc) is 2.83. The van der Waals surface area contributed by atoms with Crippen molar-refractivity contribution < 1.29 is 0 Å². The Morgan fingerprint density at radius 2 is 2.12 bits per heavy atom. The van der Waals surface area contributed by atoms with Gasteiger partial charge in [0.05, 0.1) is 0 Å². The van der Waals surface area contributed by atoms with Crippen LogP contribution in [0.4, 0.5) is 0 Å². The number of likely N-dealkylation sites (N-methyl/N-ethyl adjacent to an activating group) is 1. The summed E-state index contributed by atoms with van der Waals surface area (Å²) in [4.78, 5) is 2.61. The Kier molecular flexibility index (Phi) is 3.17. The lowest BCUT2D eigenvalue weighted by Gasteiger charge is -2.36. The minimum absolute atomic E-state index is 0.649. The summed E-state index contributed by atoms with van der Waals surface area (Å²) in [5, 5.41) is 3.52. The van der Waals surface area contributed by atoms with Crippen molar-refractivity contribution in [1.82, 2.24) is 10.2 Å². The van der Waals surface area contributed by atoms with Gasteiger partial charge in [-0.25, -0.2) is 0 Å². The lowest BCUT2D eigenvalue weighted by Crippen LogP contribution is -2.45. The van der Waals surface area contributed by atoms with E-state index in [1.807, 2.05) is 0 Å². The Balaban J connectivity index is 1.76. The molecule has 2 unspecified atom stereocenters. The highest BCUT2D eigenvalue weighted by molar-refractivity contribution is 5.34. The molecule has 0 bridgehead atoms. The van der Waals surface area contributed by atoms with Gasteiger partial charge in [0.15, 0.2) is 0 Å². The standard InChI is InChI=1S/C15H22N2/c1-17(13-6-4-10-16-11-13)15-9-8-12-5-2-3-7-14(12)15/h2-3,5,7,13,15-16H,4,6,8-11H2,1H3. The van der Waals surface area contributed by atoms with E-state index in [-0.39, 0.29) is 0 Å². The second kappa shape index (κ2) is 4.79. The van der Waals surface area contributed by atoms with Gasteiger partial charge in [0, 0.05) is 18.6 Å². The van der Waals surface area contributed by atoms with E-state index in [0.29, 0.717) is 6.04 Å². The molecule has 1 saturated heterocycles. The van der Waals surface area contributed by atoms with Gasteiger partial charge < -0.3 is 5.32 Å². The first-order valence-electron chi connectivity index (χ1n) is 6.87. The Morgan fingerprint density at radius 3 is 2.94 bits per heavy atom. The minimum Gasteiger partial charge on any atom is -0.315 e. The molecule has 0 radical (unpaired) electrons. The van der Waals surface area contributed by atoms with Crippen LogP contribution in [-0.2, 0) is 6.42 Å². The molecule has 0 saturated carbocycles. The molecule has 1 aromatic carbocycles. The van der Waals surface area contributed by atoms with Crippen LogP contribution in [0, 0.1) is 0 Å². The largest absolute Gasteiger partial charge is 0.315 e. The molecule has 1 fully saturated rings. The molecular formula is C15H22N2. The quantitative estimate of drug-likeness (QED) is 0.839. The number of nitrogens with zero attached hydrogens (tertiary/aromatic N) is 1. The van der Waals surface area contributed by atoms with Gasteiger partial charge in [0.2, 0.25) is 0 Å². The van der Waals surface area contributed by atoms with Crippen molar-refractivity contribution in [3.8, 4) is 0 Å². The predicted octanol–water partition coefficient (Wildman–Crippen LogP) is 2.36. The molecular weight excluding hydrogens is 208 g/mol. The minimum atomic E-state index is 0.649. The van der Waals surface area contributed by atoms with Gasteiger partial charge in [0.25, 0.3) is 0 Å². The number of benzene rings is 1.